The van der Waals surface area contributed by atoms with Crippen molar-refractivity contribution in [3.63, 3.8) is 0 Å². The number of aromatic nitrogens is 1. The molecule has 1 aliphatic rings. The minimum absolute atomic E-state index is 0.0498. The molecule has 0 radical (unpaired) electrons. The second kappa shape index (κ2) is 10.0. The van der Waals surface area contributed by atoms with Gasteiger partial charge in [-0.3, -0.25) is 9.69 Å². The van der Waals surface area contributed by atoms with Gasteiger partial charge in [-0.2, -0.15) is 0 Å². The van der Waals surface area contributed by atoms with E-state index in [1.165, 1.54) is 5.56 Å². The Morgan fingerprint density at radius 3 is 2.62 bits per heavy atom. The number of rotatable bonds is 7. The van der Waals surface area contributed by atoms with Gasteiger partial charge in [-0.25, -0.2) is 0 Å². The summed E-state index contributed by atoms with van der Waals surface area (Å²) >= 11 is 0. The summed E-state index contributed by atoms with van der Waals surface area (Å²) in [6.45, 7) is 4.57. The average molecular weight is 456 g/mol. The van der Waals surface area contributed by atoms with Gasteiger partial charge in [0.2, 0.25) is 5.71 Å². The molecule has 5 rings (SSSR count). The van der Waals surface area contributed by atoms with Crippen molar-refractivity contribution >= 4 is 23.1 Å². The number of fused-ring (bicyclic) bond motifs is 1. The number of ether oxygens (including phenoxy) is 1. The Morgan fingerprint density at radius 2 is 1.82 bits per heavy atom. The number of hydrogen-bond donors (Lipinski definition) is 0. The van der Waals surface area contributed by atoms with Crippen molar-refractivity contribution in [3.05, 3.63) is 95.9 Å². The second-order valence-corrected chi connectivity index (χ2v) is 8.55. The lowest BCUT2D eigenvalue weighted by molar-refractivity contribution is 0.0640. The summed E-state index contributed by atoms with van der Waals surface area (Å²) in [5.74, 6) is 0.847. The predicted octanol–water partition coefficient (Wildman–Crippen LogP) is 4.76. The molecule has 0 unspecified atom stereocenters. The first-order chi connectivity index (χ1) is 16.7. The summed E-state index contributed by atoms with van der Waals surface area (Å²) in [7, 11) is 1.66. The van der Waals surface area contributed by atoms with E-state index >= 15 is 0 Å². The lowest BCUT2D eigenvalue weighted by Gasteiger charge is -2.34. The van der Waals surface area contributed by atoms with Crippen LogP contribution in [-0.2, 0) is 6.54 Å². The molecule has 1 aliphatic heterocycles. The molecule has 174 valence electrons. The van der Waals surface area contributed by atoms with Crippen LogP contribution in [0.1, 0.15) is 21.6 Å². The van der Waals surface area contributed by atoms with E-state index in [1.54, 1.807) is 13.4 Å². The van der Waals surface area contributed by atoms with Gasteiger partial charge in [-0.05, 0) is 35.4 Å². The average Bonchev–Trinajstić information content (AvgIpc) is 3.47. The third-order valence-electron chi connectivity index (χ3n) is 6.33. The van der Waals surface area contributed by atoms with Crippen LogP contribution in [0, 0.1) is 0 Å². The largest absolute Gasteiger partial charge is 0.497 e. The van der Waals surface area contributed by atoms with Crippen molar-refractivity contribution in [2.75, 3.05) is 39.8 Å². The zero-order valence-electron chi connectivity index (χ0n) is 19.4. The number of carbonyl (C=O) groups excluding carboxylic acids is 1. The molecule has 2 aromatic carbocycles. The Kier molecular flexibility index (Phi) is 6.49. The SMILES string of the molecule is COc1cccc(Cn2c(C(=O)N3CCN(C/C=C/c4ccccc4)CC3)cc3ccoc32)c1. The van der Waals surface area contributed by atoms with E-state index in [0.29, 0.717) is 25.3 Å². The molecule has 6 nitrogen and oxygen atoms in total. The fourth-order valence-corrected chi connectivity index (χ4v) is 4.46. The van der Waals surface area contributed by atoms with Gasteiger partial charge in [0.25, 0.3) is 5.91 Å². The van der Waals surface area contributed by atoms with Gasteiger partial charge >= 0.3 is 0 Å². The van der Waals surface area contributed by atoms with E-state index in [0.717, 1.165) is 42.0 Å². The van der Waals surface area contributed by atoms with Gasteiger partial charge in [0.15, 0.2) is 0 Å². The molecule has 1 saturated heterocycles. The maximum absolute atomic E-state index is 13.5. The molecular formula is C28H29N3O3. The summed E-state index contributed by atoms with van der Waals surface area (Å²) in [5, 5.41) is 0.941. The number of piperazine rings is 1. The smallest absolute Gasteiger partial charge is 0.270 e. The molecule has 1 amide bonds. The normalized spacial score (nSPS) is 14.8. The van der Waals surface area contributed by atoms with Crippen LogP contribution in [0.3, 0.4) is 0 Å². The van der Waals surface area contributed by atoms with Gasteiger partial charge in [0, 0.05) is 38.1 Å². The quantitative estimate of drug-likeness (QED) is 0.403. The Hall–Kier alpha value is -3.77. The third kappa shape index (κ3) is 4.77. The predicted molar refractivity (Wildman–Crippen MR) is 134 cm³/mol. The lowest BCUT2D eigenvalue weighted by Crippen LogP contribution is -2.49. The summed E-state index contributed by atoms with van der Waals surface area (Å²) in [6.07, 6.45) is 6.01. The van der Waals surface area contributed by atoms with Crippen LogP contribution in [0.25, 0.3) is 17.2 Å². The van der Waals surface area contributed by atoms with Crippen LogP contribution in [0.15, 0.2) is 83.5 Å². The number of carbonyl (C=O) groups is 1. The van der Waals surface area contributed by atoms with Crippen molar-refractivity contribution in [2.45, 2.75) is 6.54 Å². The first-order valence-corrected chi connectivity index (χ1v) is 11.6. The Bertz CT molecular complexity index is 1280. The van der Waals surface area contributed by atoms with Crippen LogP contribution in [0.5, 0.6) is 5.75 Å². The van der Waals surface area contributed by atoms with Gasteiger partial charge in [0.05, 0.1) is 19.9 Å². The summed E-state index contributed by atoms with van der Waals surface area (Å²) < 4.78 is 13.1. The molecule has 0 saturated carbocycles. The lowest BCUT2D eigenvalue weighted by atomic mass is 10.2. The fraction of sp³-hybridized carbons (Fsp3) is 0.250. The van der Waals surface area contributed by atoms with Crippen molar-refractivity contribution in [1.82, 2.24) is 14.4 Å². The first-order valence-electron chi connectivity index (χ1n) is 11.6. The van der Waals surface area contributed by atoms with Crippen molar-refractivity contribution in [3.8, 4) is 5.75 Å². The molecule has 1 fully saturated rings. The maximum Gasteiger partial charge on any atom is 0.270 e. The van der Waals surface area contributed by atoms with E-state index in [2.05, 4.69) is 29.2 Å². The molecular weight excluding hydrogens is 426 g/mol. The van der Waals surface area contributed by atoms with E-state index in [4.69, 9.17) is 9.15 Å². The monoisotopic (exact) mass is 455 g/mol. The van der Waals surface area contributed by atoms with E-state index < -0.39 is 0 Å². The van der Waals surface area contributed by atoms with Crippen LogP contribution >= 0.6 is 0 Å². The van der Waals surface area contributed by atoms with Gasteiger partial charge in [0.1, 0.15) is 11.4 Å². The highest BCUT2D eigenvalue weighted by Gasteiger charge is 2.26. The summed E-state index contributed by atoms with van der Waals surface area (Å²) in [6, 6.07) is 22.1. The van der Waals surface area contributed by atoms with E-state index in [9.17, 15) is 4.79 Å². The van der Waals surface area contributed by atoms with Crippen molar-refractivity contribution in [2.24, 2.45) is 0 Å². The Labute approximate surface area is 199 Å². The van der Waals surface area contributed by atoms with E-state index in [1.807, 2.05) is 64.1 Å². The van der Waals surface area contributed by atoms with Gasteiger partial charge in [-0.1, -0.05) is 54.6 Å². The number of amides is 1. The highest BCUT2D eigenvalue weighted by Crippen LogP contribution is 2.25. The van der Waals surface area contributed by atoms with Crippen LogP contribution in [-0.4, -0.2) is 60.1 Å². The molecule has 0 atom stereocenters. The van der Waals surface area contributed by atoms with Crippen LogP contribution in [0.2, 0.25) is 0 Å². The molecule has 34 heavy (non-hydrogen) atoms. The summed E-state index contributed by atoms with van der Waals surface area (Å²) in [4.78, 5) is 17.8. The van der Waals surface area contributed by atoms with Gasteiger partial charge < -0.3 is 18.6 Å². The minimum atomic E-state index is 0.0498. The summed E-state index contributed by atoms with van der Waals surface area (Å²) in [5.41, 5.74) is 3.64. The van der Waals surface area contributed by atoms with Crippen LogP contribution < -0.4 is 4.74 Å². The molecule has 3 heterocycles. The number of hydrogen-bond acceptors (Lipinski definition) is 4. The Morgan fingerprint density at radius 1 is 1.00 bits per heavy atom. The molecule has 0 N–H and O–H groups in total. The highest BCUT2D eigenvalue weighted by molar-refractivity contribution is 5.97. The number of furan rings is 1. The topological polar surface area (TPSA) is 50.9 Å². The maximum atomic E-state index is 13.5. The fourth-order valence-electron chi connectivity index (χ4n) is 4.46. The first kappa shape index (κ1) is 22.0. The highest BCUT2D eigenvalue weighted by atomic mass is 16.5. The van der Waals surface area contributed by atoms with Crippen molar-refractivity contribution < 1.29 is 13.9 Å². The third-order valence-corrected chi connectivity index (χ3v) is 6.33. The van der Waals surface area contributed by atoms with Crippen LogP contribution in [0.4, 0.5) is 0 Å². The Balaban J connectivity index is 1.26. The zero-order chi connectivity index (χ0) is 23.3. The molecule has 0 aliphatic carbocycles. The number of methoxy groups -OCH3 is 1. The van der Waals surface area contributed by atoms with E-state index in [-0.39, 0.29) is 5.91 Å². The molecule has 0 bridgehead atoms. The second-order valence-electron chi connectivity index (χ2n) is 8.55. The van der Waals surface area contributed by atoms with Crippen molar-refractivity contribution in [1.29, 1.82) is 0 Å². The zero-order valence-corrected chi connectivity index (χ0v) is 19.4. The standard InChI is InChI=1S/C28H29N3O3/c1-33-25-11-5-9-23(19-25)21-31-26(20-24-12-18-34-28(24)31)27(32)30-16-14-29(15-17-30)13-6-10-22-7-3-2-4-8-22/h2-12,18-20H,13-17,21H2,1H3/b10-6+. The number of benzene rings is 2. The molecule has 2 aromatic heterocycles. The molecule has 4 aromatic rings. The molecule has 0 spiro atoms. The minimum Gasteiger partial charge on any atom is -0.497 e. The van der Waals surface area contributed by atoms with Gasteiger partial charge in [-0.15, -0.1) is 0 Å². The number of nitrogens with zero attached hydrogens (tertiary/aromatic N) is 3. The molecule has 6 heteroatoms.